The lowest BCUT2D eigenvalue weighted by Gasteiger charge is -2.44. The molecule has 1 aromatic carbocycles. The summed E-state index contributed by atoms with van der Waals surface area (Å²) in [5.41, 5.74) is -0.901. The number of methoxy groups -OCH3 is 2. The molecule has 1 aromatic heterocycles. The fraction of sp³-hybridized carbons (Fsp3) is 0.455. The summed E-state index contributed by atoms with van der Waals surface area (Å²) in [7, 11) is 2.72. The molecule has 1 aliphatic carbocycles. The maximum atomic E-state index is 13.7. The number of fused-ring (bicyclic) bond motifs is 1. The van der Waals surface area contributed by atoms with Crippen molar-refractivity contribution in [3.63, 3.8) is 0 Å². The van der Waals surface area contributed by atoms with E-state index in [2.05, 4.69) is 10.3 Å². The largest absolute Gasteiger partial charge is 0.495 e. The molecule has 0 unspecified atom stereocenters. The van der Waals surface area contributed by atoms with Crippen LogP contribution in [0.1, 0.15) is 53.6 Å². The molecule has 170 valence electrons. The van der Waals surface area contributed by atoms with Crippen molar-refractivity contribution in [1.82, 2.24) is 14.9 Å². The molecule has 1 fully saturated rings. The molecule has 9 nitrogen and oxygen atoms in total. The van der Waals surface area contributed by atoms with Crippen LogP contribution in [0.2, 0.25) is 5.02 Å². The second kappa shape index (κ2) is 8.46. The number of hydrogen-bond acceptors (Lipinski definition) is 6. The molecule has 2 aromatic rings. The minimum Gasteiger partial charge on any atom is -0.495 e. The molecular formula is C22H25ClN4O5. The lowest BCUT2D eigenvalue weighted by atomic mass is 9.92. The fourth-order valence-electron chi connectivity index (χ4n) is 4.49. The van der Waals surface area contributed by atoms with Crippen molar-refractivity contribution >= 4 is 35.1 Å². The zero-order valence-electron chi connectivity index (χ0n) is 18.2. The number of carbonyl (C=O) groups is 3. The summed E-state index contributed by atoms with van der Waals surface area (Å²) in [6.07, 6.45) is 5.33. The average Bonchev–Trinajstić information content (AvgIpc) is 3.43. The van der Waals surface area contributed by atoms with E-state index < -0.39 is 17.4 Å². The van der Waals surface area contributed by atoms with E-state index in [0.717, 1.165) is 25.7 Å². The zero-order valence-corrected chi connectivity index (χ0v) is 18.9. The van der Waals surface area contributed by atoms with Crippen molar-refractivity contribution in [2.75, 3.05) is 19.1 Å². The topological polar surface area (TPSA) is 103 Å². The van der Waals surface area contributed by atoms with Gasteiger partial charge in [0.15, 0.2) is 5.69 Å². The average molecular weight is 461 g/mol. The number of anilines is 1. The summed E-state index contributed by atoms with van der Waals surface area (Å²) >= 11 is 6.33. The van der Waals surface area contributed by atoms with Crippen LogP contribution in [-0.2, 0) is 16.1 Å². The predicted molar refractivity (Wildman–Crippen MR) is 117 cm³/mol. The van der Waals surface area contributed by atoms with Crippen LogP contribution in [0.5, 0.6) is 5.75 Å². The van der Waals surface area contributed by atoms with Crippen LogP contribution in [0.3, 0.4) is 0 Å². The lowest BCUT2D eigenvalue weighted by Crippen LogP contribution is -2.65. The number of nitrogens with one attached hydrogen (secondary N) is 1. The number of benzene rings is 1. The molecule has 1 atom stereocenters. The van der Waals surface area contributed by atoms with Gasteiger partial charge in [0.2, 0.25) is 5.91 Å². The number of halogens is 1. The summed E-state index contributed by atoms with van der Waals surface area (Å²) in [6.45, 7) is 1.81. The van der Waals surface area contributed by atoms with E-state index in [1.165, 1.54) is 30.0 Å². The molecule has 1 saturated carbocycles. The van der Waals surface area contributed by atoms with Gasteiger partial charge in [-0.25, -0.2) is 9.78 Å². The van der Waals surface area contributed by atoms with Gasteiger partial charge >= 0.3 is 5.97 Å². The van der Waals surface area contributed by atoms with Crippen molar-refractivity contribution in [2.45, 2.75) is 50.7 Å². The SMILES string of the molecule is COC(=O)c1ncn2c1C(=O)N(c1ccc(OC)c(Cl)c1)[C@](C)(C(=O)NC1CCCC1)C2. The second-order valence-corrected chi connectivity index (χ2v) is 8.66. The summed E-state index contributed by atoms with van der Waals surface area (Å²) in [6, 6.07) is 4.94. The first-order valence-corrected chi connectivity index (χ1v) is 10.8. The quantitative estimate of drug-likeness (QED) is 0.688. The molecule has 32 heavy (non-hydrogen) atoms. The highest BCUT2D eigenvalue weighted by molar-refractivity contribution is 6.32. The van der Waals surface area contributed by atoms with E-state index in [1.807, 2.05) is 0 Å². The molecule has 4 rings (SSSR count). The molecule has 10 heteroatoms. The Bertz CT molecular complexity index is 1080. The van der Waals surface area contributed by atoms with Gasteiger partial charge in [-0.2, -0.15) is 0 Å². The van der Waals surface area contributed by atoms with Gasteiger partial charge in [-0.15, -0.1) is 0 Å². The standard InChI is InChI=1S/C22H25ClN4O5/c1-22(21(30)25-13-6-4-5-7-13)11-26-12-24-17(20(29)32-3)18(26)19(28)27(22)14-8-9-16(31-2)15(23)10-14/h8-10,12-13H,4-7,11H2,1-3H3,(H,25,30)/t22-/m0/s1. The first-order valence-electron chi connectivity index (χ1n) is 10.4. The molecule has 1 aliphatic heterocycles. The van der Waals surface area contributed by atoms with E-state index >= 15 is 0 Å². The number of carbonyl (C=O) groups excluding carboxylic acids is 3. The smallest absolute Gasteiger partial charge is 0.359 e. The van der Waals surface area contributed by atoms with E-state index in [0.29, 0.717) is 16.5 Å². The maximum Gasteiger partial charge on any atom is 0.359 e. The van der Waals surface area contributed by atoms with Crippen molar-refractivity contribution in [3.05, 3.63) is 40.9 Å². The molecule has 2 aliphatic rings. The highest BCUT2D eigenvalue weighted by Gasteiger charge is 2.50. The first kappa shape index (κ1) is 22.1. The highest BCUT2D eigenvalue weighted by atomic mass is 35.5. The number of esters is 1. The number of rotatable bonds is 5. The Kier molecular flexibility index (Phi) is 5.85. The van der Waals surface area contributed by atoms with Gasteiger partial charge in [0.05, 0.1) is 32.1 Å². The number of nitrogens with zero attached hydrogens (tertiary/aromatic N) is 3. The van der Waals surface area contributed by atoms with Crippen LogP contribution in [0, 0.1) is 0 Å². The lowest BCUT2D eigenvalue weighted by molar-refractivity contribution is -0.127. The van der Waals surface area contributed by atoms with Crippen LogP contribution in [0.25, 0.3) is 0 Å². The zero-order chi connectivity index (χ0) is 23.0. The van der Waals surface area contributed by atoms with E-state index in [-0.39, 0.29) is 29.9 Å². The van der Waals surface area contributed by atoms with Crippen molar-refractivity contribution < 1.29 is 23.9 Å². The number of aromatic nitrogens is 2. The summed E-state index contributed by atoms with van der Waals surface area (Å²) < 4.78 is 11.5. The highest BCUT2D eigenvalue weighted by Crippen LogP contribution is 2.37. The van der Waals surface area contributed by atoms with Crippen molar-refractivity contribution in [3.8, 4) is 5.75 Å². The Balaban J connectivity index is 1.82. The Labute approximate surface area is 190 Å². The third kappa shape index (κ3) is 3.60. The van der Waals surface area contributed by atoms with Crippen LogP contribution >= 0.6 is 11.6 Å². The molecule has 1 N–H and O–H groups in total. The third-order valence-electron chi connectivity index (χ3n) is 6.17. The van der Waals surface area contributed by atoms with Gasteiger partial charge in [-0.05, 0) is 38.0 Å². The molecule has 0 spiro atoms. The monoisotopic (exact) mass is 460 g/mol. The Hall–Kier alpha value is -3.07. The number of imidazole rings is 1. The predicted octanol–water partition coefficient (Wildman–Crippen LogP) is 2.81. The van der Waals surface area contributed by atoms with Gasteiger partial charge in [0.1, 0.15) is 17.0 Å². The fourth-order valence-corrected chi connectivity index (χ4v) is 4.74. The van der Waals surface area contributed by atoms with Crippen LogP contribution in [0.15, 0.2) is 24.5 Å². The molecule has 0 bridgehead atoms. The second-order valence-electron chi connectivity index (χ2n) is 8.25. The minimum atomic E-state index is -1.28. The minimum absolute atomic E-state index is 0.0648. The van der Waals surface area contributed by atoms with Gasteiger partial charge in [-0.1, -0.05) is 24.4 Å². The summed E-state index contributed by atoms with van der Waals surface area (Å²) in [4.78, 5) is 45.0. The normalized spacial score (nSPS) is 20.8. The van der Waals surface area contributed by atoms with Crippen molar-refractivity contribution in [1.29, 1.82) is 0 Å². The molecule has 0 radical (unpaired) electrons. The number of ether oxygens (including phenoxy) is 2. The van der Waals surface area contributed by atoms with Gasteiger partial charge in [0.25, 0.3) is 5.91 Å². The third-order valence-corrected chi connectivity index (χ3v) is 6.46. The summed E-state index contributed by atoms with van der Waals surface area (Å²) in [5.74, 6) is -1.10. The number of hydrogen-bond donors (Lipinski definition) is 1. The van der Waals surface area contributed by atoms with Crippen LogP contribution in [-0.4, -0.2) is 53.1 Å². The Morgan fingerprint density at radius 2 is 1.97 bits per heavy atom. The maximum absolute atomic E-state index is 13.7. The number of amides is 2. The Morgan fingerprint density at radius 3 is 2.59 bits per heavy atom. The van der Waals surface area contributed by atoms with E-state index in [4.69, 9.17) is 21.1 Å². The van der Waals surface area contributed by atoms with E-state index in [1.54, 1.807) is 25.1 Å². The van der Waals surface area contributed by atoms with Gasteiger partial charge in [0, 0.05) is 11.7 Å². The van der Waals surface area contributed by atoms with Gasteiger partial charge in [-0.3, -0.25) is 14.5 Å². The van der Waals surface area contributed by atoms with Crippen LogP contribution < -0.4 is 15.0 Å². The molecular weight excluding hydrogens is 436 g/mol. The van der Waals surface area contributed by atoms with Gasteiger partial charge < -0.3 is 19.4 Å². The molecule has 2 amide bonds. The molecule has 0 saturated heterocycles. The first-order chi connectivity index (χ1) is 15.3. The van der Waals surface area contributed by atoms with Crippen LogP contribution in [0.4, 0.5) is 5.69 Å². The summed E-state index contributed by atoms with van der Waals surface area (Å²) in [5, 5.41) is 3.40. The Morgan fingerprint density at radius 1 is 1.25 bits per heavy atom. The van der Waals surface area contributed by atoms with Crippen molar-refractivity contribution in [2.24, 2.45) is 0 Å². The van der Waals surface area contributed by atoms with E-state index in [9.17, 15) is 14.4 Å². The molecule has 2 heterocycles.